The molecule has 2 aromatic rings. The zero-order chi connectivity index (χ0) is 19.3. The Kier molecular flexibility index (Phi) is 6.35. The van der Waals surface area contributed by atoms with Gasteiger partial charge in [0.25, 0.3) is 5.91 Å². The Bertz CT molecular complexity index is 829. The monoisotopic (exact) mass is 385 g/mol. The van der Waals surface area contributed by atoms with Gasteiger partial charge in [0.2, 0.25) is 0 Å². The maximum Gasteiger partial charge on any atom is 0.387 e. The van der Waals surface area contributed by atoms with E-state index in [-0.39, 0.29) is 27.8 Å². The molecule has 0 aliphatic heterocycles. The number of rotatable bonds is 6. The van der Waals surface area contributed by atoms with Crippen LogP contribution in [0.2, 0.25) is 5.02 Å². The van der Waals surface area contributed by atoms with E-state index < -0.39 is 25.1 Å². The Hall–Kier alpha value is -2.87. The number of benzene rings is 2. The Morgan fingerprint density at radius 3 is 2.65 bits per heavy atom. The molecule has 0 heterocycles. The molecule has 0 radical (unpaired) electrons. The number of carbonyl (C=O) groups is 2. The number of phenols is 1. The van der Waals surface area contributed by atoms with Crippen LogP contribution in [0, 0.1) is 6.92 Å². The highest BCUT2D eigenvalue weighted by atomic mass is 35.5. The number of anilines is 1. The molecule has 0 fully saturated rings. The molecular formula is C17H14ClF2NO5. The molecule has 0 aliphatic carbocycles. The minimum absolute atomic E-state index is 0.0608. The number of esters is 1. The summed E-state index contributed by atoms with van der Waals surface area (Å²) in [4.78, 5) is 23.7. The molecule has 0 saturated carbocycles. The lowest BCUT2D eigenvalue weighted by Gasteiger charge is -2.10. The van der Waals surface area contributed by atoms with Crippen LogP contribution in [0.25, 0.3) is 0 Å². The maximum absolute atomic E-state index is 12.2. The van der Waals surface area contributed by atoms with Crippen LogP contribution in [0.3, 0.4) is 0 Å². The van der Waals surface area contributed by atoms with Gasteiger partial charge in [0.15, 0.2) is 6.61 Å². The number of hydrogen-bond donors (Lipinski definition) is 2. The molecule has 2 N–H and O–H groups in total. The summed E-state index contributed by atoms with van der Waals surface area (Å²) in [5.41, 5.74) is 0.634. The highest BCUT2D eigenvalue weighted by Gasteiger charge is 2.16. The zero-order valence-electron chi connectivity index (χ0n) is 13.5. The van der Waals surface area contributed by atoms with E-state index >= 15 is 0 Å². The van der Waals surface area contributed by atoms with Crippen molar-refractivity contribution in [2.45, 2.75) is 13.5 Å². The lowest BCUT2D eigenvalue weighted by Crippen LogP contribution is -2.21. The number of amides is 1. The van der Waals surface area contributed by atoms with Crippen LogP contribution in [-0.2, 0) is 9.53 Å². The number of halogens is 3. The number of aromatic hydroxyl groups is 1. The molecule has 0 spiro atoms. The van der Waals surface area contributed by atoms with Crippen molar-refractivity contribution >= 4 is 29.2 Å². The standard InChI is InChI=1S/C17H14ClF2NO5/c1-9-3-2-4-11(15(9)23)16(24)25-8-14(22)21-10-5-6-13(12(18)7-10)26-17(19)20/h2-7,17,23H,8H2,1H3,(H,21,22). The van der Waals surface area contributed by atoms with Crippen molar-refractivity contribution in [1.29, 1.82) is 0 Å². The van der Waals surface area contributed by atoms with Crippen LogP contribution in [0.5, 0.6) is 11.5 Å². The Labute approximate surface area is 152 Å². The van der Waals surface area contributed by atoms with E-state index in [9.17, 15) is 23.5 Å². The molecule has 0 aliphatic rings. The molecule has 0 unspecified atom stereocenters. The van der Waals surface area contributed by atoms with Gasteiger partial charge in [-0.3, -0.25) is 4.79 Å². The van der Waals surface area contributed by atoms with Gasteiger partial charge >= 0.3 is 12.6 Å². The summed E-state index contributed by atoms with van der Waals surface area (Å²) in [5, 5.41) is 12.1. The van der Waals surface area contributed by atoms with Crippen molar-refractivity contribution < 1.29 is 33.0 Å². The van der Waals surface area contributed by atoms with Gasteiger partial charge in [-0.25, -0.2) is 4.79 Å². The van der Waals surface area contributed by atoms with E-state index in [0.717, 1.165) is 0 Å². The second-order valence-electron chi connectivity index (χ2n) is 5.12. The zero-order valence-corrected chi connectivity index (χ0v) is 14.2. The van der Waals surface area contributed by atoms with Gasteiger partial charge in [-0.2, -0.15) is 8.78 Å². The van der Waals surface area contributed by atoms with Crippen LogP contribution in [-0.4, -0.2) is 30.2 Å². The van der Waals surface area contributed by atoms with Crippen LogP contribution >= 0.6 is 11.6 Å². The third-order valence-corrected chi connectivity index (χ3v) is 3.52. The SMILES string of the molecule is Cc1cccc(C(=O)OCC(=O)Nc2ccc(OC(F)F)c(Cl)c2)c1O. The van der Waals surface area contributed by atoms with Crippen LogP contribution in [0.4, 0.5) is 14.5 Å². The molecule has 1 amide bonds. The van der Waals surface area contributed by atoms with Crippen LogP contribution in [0.1, 0.15) is 15.9 Å². The minimum Gasteiger partial charge on any atom is -0.507 e. The fourth-order valence-electron chi connectivity index (χ4n) is 2.00. The molecule has 26 heavy (non-hydrogen) atoms. The number of ether oxygens (including phenoxy) is 2. The summed E-state index contributed by atoms with van der Waals surface area (Å²) in [6, 6.07) is 8.23. The highest BCUT2D eigenvalue weighted by molar-refractivity contribution is 6.32. The fraction of sp³-hybridized carbons (Fsp3) is 0.176. The number of carbonyl (C=O) groups excluding carboxylic acids is 2. The first-order valence-electron chi connectivity index (χ1n) is 7.28. The van der Waals surface area contributed by atoms with E-state index in [4.69, 9.17) is 16.3 Å². The quantitative estimate of drug-likeness (QED) is 0.740. The van der Waals surface area contributed by atoms with E-state index in [2.05, 4.69) is 10.1 Å². The van der Waals surface area contributed by atoms with Gasteiger partial charge in [-0.05, 0) is 36.8 Å². The van der Waals surface area contributed by atoms with E-state index in [1.54, 1.807) is 19.1 Å². The Balaban J connectivity index is 1.93. The highest BCUT2D eigenvalue weighted by Crippen LogP contribution is 2.29. The number of para-hydroxylation sites is 1. The van der Waals surface area contributed by atoms with Crippen molar-refractivity contribution in [3.8, 4) is 11.5 Å². The largest absolute Gasteiger partial charge is 0.507 e. The normalized spacial score (nSPS) is 10.5. The van der Waals surface area contributed by atoms with E-state index in [0.29, 0.717) is 5.56 Å². The van der Waals surface area contributed by atoms with Crippen molar-refractivity contribution in [2.75, 3.05) is 11.9 Å². The number of nitrogens with one attached hydrogen (secondary N) is 1. The van der Waals surface area contributed by atoms with Gasteiger partial charge in [0.05, 0.1) is 5.02 Å². The number of hydrogen-bond acceptors (Lipinski definition) is 5. The number of phenolic OH excluding ortho intramolecular Hbond substituents is 1. The van der Waals surface area contributed by atoms with E-state index in [1.807, 2.05) is 0 Å². The summed E-state index contributed by atoms with van der Waals surface area (Å²) < 4.78 is 33.3. The third-order valence-electron chi connectivity index (χ3n) is 3.22. The summed E-state index contributed by atoms with van der Waals surface area (Å²) in [5.74, 6) is -2.00. The van der Waals surface area contributed by atoms with Gasteiger partial charge in [-0.15, -0.1) is 0 Å². The van der Waals surface area contributed by atoms with Gasteiger partial charge in [-0.1, -0.05) is 23.7 Å². The van der Waals surface area contributed by atoms with Crippen molar-refractivity contribution in [1.82, 2.24) is 0 Å². The Morgan fingerprint density at radius 1 is 1.27 bits per heavy atom. The Morgan fingerprint density at radius 2 is 2.00 bits per heavy atom. The predicted molar refractivity (Wildman–Crippen MR) is 89.8 cm³/mol. The smallest absolute Gasteiger partial charge is 0.387 e. The second-order valence-corrected chi connectivity index (χ2v) is 5.53. The van der Waals surface area contributed by atoms with Crippen molar-refractivity contribution in [3.63, 3.8) is 0 Å². The first kappa shape index (κ1) is 19.5. The molecule has 2 aromatic carbocycles. The average Bonchev–Trinajstić information content (AvgIpc) is 2.57. The summed E-state index contributed by atoms with van der Waals surface area (Å²) in [7, 11) is 0. The first-order valence-corrected chi connectivity index (χ1v) is 7.65. The lowest BCUT2D eigenvalue weighted by molar-refractivity contribution is -0.119. The average molecular weight is 386 g/mol. The van der Waals surface area contributed by atoms with Crippen LogP contribution < -0.4 is 10.1 Å². The lowest BCUT2D eigenvalue weighted by atomic mass is 10.1. The van der Waals surface area contributed by atoms with Crippen molar-refractivity contribution in [3.05, 3.63) is 52.5 Å². The van der Waals surface area contributed by atoms with Crippen molar-refractivity contribution in [2.24, 2.45) is 0 Å². The minimum atomic E-state index is -3.02. The fourth-order valence-corrected chi connectivity index (χ4v) is 2.22. The van der Waals surface area contributed by atoms with Gasteiger partial charge in [0, 0.05) is 5.69 Å². The molecule has 2 rings (SSSR count). The van der Waals surface area contributed by atoms with Crippen LogP contribution in [0.15, 0.2) is 36.4 Å². The number of aryl methyl sites for hydroxylation is 1. The molecule has 0 bridgehead atoms. The second kappa shape index (κ2) is 8.48. The molecular weight excluding hydrogens is 372 g/mol. The predicted octanol–water partition coefficient (Wildman–Crippen LogP) is 3.75. The molecule has 138 valence electrons. The number of alkyl halides is 2. The molecule has 0 saturated heterocycles. The third kappa shape index (κ3) is 5.06. The maximum atomic E-state index is 12.2. The summed E-state index contributed by atoms with van der Waals surface area (Å²) in [6.07, 6.45) is 0. The molecule has 6 nitrogen and oxygen atoms in total. The topological polar surface area (TPSA) is 84.9 Å². The molecule has 9 heteroatoms. The molecule has 0 aromatic heterocycles. The van der Waals surface area contributed by atoms with E-state index in [1.165, 1.54) is 24.3 Å². The van der Waals surface area contributed by atoms with Gasteiger partial charge < -0.3 is 19.9 Å². The summed E-state index contributed by atoms with van der Waals surface area (Å²) in [6.45, 7) is -2.02. The van der Waals surface area contributed by atoms with Gasteiger partial charge in [0.1, 0.15) is 17.1 Å². The first-order chi connectivity index (χ1) is 12.3. The molecule has 0 atom stereocenters. The summed E-state index contributed by atoms with van der Waals surface area (Å²) >= 11 is 5.77.